The summed E-state index contributed by atoms with van der Waals surface area (Å²) in [5, 5.41) is 22.8. The molecule has 0 aromatic heterocycles. The van der Waals surface area contributed by atoms with Crippen molar-refractivity contribution in [1.82, 2.24) is 0 Å². The molecule has 1 saturated carbocycles. The largest absolute Gasteiger partial charge is 0.390 e. The molecule has 4 unspecified atom stereocenters. The zero-order valence-corrected chi connectivity index (χ0v) is 8.24. The molecule has 0 bridgehead atoms. The summed E-state index contributed by atoms with van der Waals surface area (Å²) in [6, 6.07) is 0. The van der Waals surface area contributed by atoms with Crippen molar-refractivity contribution >= 4 is 10.0 Å². The van der Waals surface area contributed by atoms with E-state index < -0.39 is 33.4 Å². The lowest BCUT2D eigenvalue weighted by Gasteiger charge is -2.21. The van der Waals surface area contributed by atoms with Crippen LogP contribution in [-0.2, 0) is 10.0 Å². The van der Waals surface area contributed by atoms with E-state index in [9.17, 15) is 18.6 Å². The molecule has 5 nitrogen and oxygen atoms in total. The molecular formula is C7H15NO4S. The molecule has 0 heterocycles. The zero-order valence-electron chi connectivity index (χ0n) is 7.42. The number of hydrogen-bond acceptors (Lipinski definition) is 4. The molecule has 4 atom stereocenters. The normalized spacial score (nSPS) is 37.7. The van der Waals surface area contributed by atoms with Crippen molar-refractivity contribution in [3.05, 3.63) is 0 Å². The Kier molecular flexibility index (Phi) is 2.96. The van der Waals surface area contributed by atoms with E-state index >= 15 is 0 Å². The van der Waals surface area contributed by atoms with E-state index in [1.807, 2.05) is 0 Å². The zero-order chi connectivity index (χ0) is 10.2. The van der Waals surface area contributed by atoms with Crippen LogP contribution in [0.15, 0.2) is 0 Å². The predicted octanol–water partition coefficient (Wildman–Crippen LogP) is -1.20. The molecule has 4 N–H and O–H groups in total. The van der Waals surface area contributed by atoms with Crippen LogP contribution in [0.2, 0.25) is 0 Å². The quantitative estimate of drug-likeness (QED) is 0.531. The highest BCUT2D eigenvalue weighted by Gasteiger charge is 2.40. The molecule has 0 radical (unpaired) electrons. The van der Waals surface area contributed by atoms with E-state index in [0.717, 1.165) is 0 Å². The fourth-order valence-corrected chi connectivity index (χ4v) is 2.53. The van der Waals surface area contributed by atoms with Crippen LogP contribution < -0.4 is 5.14 Å². The lowest BCUT2D eigenvalue weighted by Crippen LogP contribution is -2.38. The van der Waals surface area contributed by atoms with Gasteiger partial charge in [-0.2, -0.15) is 0 Å². The molecule has 1 rings (SSSR count). The van der Waals surface area contributed by atoms with Crippen molar-refractivity contribution < 1.29 is 18.6 Å². The van der Waals surface area contributed by atoms with Gasteiger partial charge in [0.2, 0.25) is 10.0 Å². The molecule has 0 amide bonds. The number of aliphatic hydroxyl groups excluding tert-OH is 2. The second-order valence-corrected chi connectivity index (χ2v) is 5.51. The third-order valence-corrected chi connectivity index (χ3v) is 4.14. The lowest BCUT2D eigenvalue weighted by atomic mass is 10.0. The average molecular weight is 209 g/mol. The fraction of sp³-hybridized carbons (Fsp3) is 1.00. The summed E-state index contributed by atoms with van der Waals surface area (Å²) in [4.78, 5) is 0. The van der Waals surface area contributed by atoms with Crippen LogP contribution in [0.25, 0.3) is 0 Å². The smallest absolute Gasteiger partial charge is 0.212 e. The molecule has 6 heteroatoms. The number of rotatable bonds is 2. The number of nitrogens with two attached hydrogens (primary N) is 1. The number of hydrogen-bond donors (Lipinski definition) is 3. The Labute approximate surface area is 77.6 Å². The number of sulfonamides is 1. The first kappa shape index (κ1) is 10.9. The predicted molar refractivity (Wildman–Crippen MR) is 47.3 cm³/mol. The van der Waals surface area contributed by atoms with E-state index in [2.05, 4.69) is 0 Å². The second-order valence-electron chi connectivity index (χ2n) is 3.59. The van der Waals surface area contributed by atoms with E-state index in [1.165, 1.54) is 6.92 Å². The van der Waals surface area contributed by atoms with Crippen LogP contribution in [0.1, 0.15) is 19.8 Å². The third-order valence-electron chi connectivity index (χ3n) is 2.75. The Bertz CT molecular complexity index is 276. The topological polar surface area (TPSA) is 101 Å². The van der Waals surface area contributed by atoms with E-state index in [4.69, 9.17) is 5.14 Å². The Morgan fingerprint density at radius 3 is 2.23 bits per heavy atom. The van der Waals surface area contributed by atoms with Gasteiger partial charge in [0.15, 0.2) is 0 Å². The maximum atomic E-state index is 11.0. The van der Waals surface area contributed by atoms with E-state index in [1.54, 1.807) is 0 Å². The lowest BCUT2D eigenvalue weighted by molar-refractivity contribution is 0.0206. The maximum Gasteiger partial charge on any atom is 0.212 e. The summed E-state index contributed by atoms with van der Waals surface area (Å²) in [7, 11) is -3.61. The Morgan fingerprint density at radius 2 is 1.92 bits per heavy atom. The summed E-state index contributed by atoms with van der Waals surface area (Å²) < 4.78 is 21.9. The maximum absolute atomic E-state index is 11.0. The van der Waals surface area contributed by atoms with Crippen LogP contribution in [0.3, 0.4) is 0 Å². The number of aliphatic hydroxyl groups is 2. The Morgan fingerprint density at radius 1 is 1.38 bits per heavy atom. The molecule has 0 aromatic carbocycles. The van der Waals surface area contributed by atoms with Gasteiger partial charge in [0, 0.05) is 5.92 Å². The monoisotopic (exact) mass is 209 g/mol. The molecule has 1 aliphatic rings. The second kappa shape index (κ2) is 3.53. The average Bonchev–Trinajstić information content (AvgIpc) is 2.30. The highest BCUT2D eigenvalue weighted by atomic mass is 32.2. The summed E-state index contributed by atoms with van der Waals surface area (Å²) in [6.45, 7) is 1.46. The minimum atomic E-state index is -3.61. The van der Waals surface area contributed by atoms with Gasteiger partial charge in [-0.3, -0.25) is 0 Å². The summed E-state index contributed by atoms with van der Waals surface area (Å²) in [6.07, 6.45) is -0.839. The van der Waals surface area contributed by atoms with Crippen LogP contribution in [-0.4, -0.2) is 36.1 Å². The first-order valence-corrected chi connectivity index (χ1v) is 5.82. The standard InChI is InChI=1S/C7H15NO4S/c1-4(13(8,11)12)5-2-3-6(9)7(5)10/h4-7,9-10H,2-3H2,1H3,(H2,8,11,12). The van der Waals surface area contributed by atoms with Gasteiger partial charge in [0.25, 0.3) is 0 Å². The van der Waals surface area contributed by atoms with Crippen LogP contribution in [0.5, 0.6) is 0 Å². The van der Waals surface area contributed by atoms with Crippen molar-refractivity contribution in [2.75, 3.05) is 0 Å². The van der Waals surface area contributed by atoms with Crippen LogP contribution in [0, 0.1) is 5.92 Å². The molecular weight excluding hydrogens is 194 g/mol. The van der Waals surface area contributed by atoms with Gasteiger partial charge in [0.1, 0.15) is 0 Å². The molecule has 0 spiro atoms. The van der Waals surface area contributed by atoms with Crippen molar-refractivity contribution in [1.29, 1.82) is 0 Å². The van der Waals surface area contributed by atoms with Crippen molar-refractivity contribution in [3.63, 3.8) is 0 Å². The summed E-state index contributed by atoms with van der Waals surface area (Å²) in [5.41, 5.74) is 0. The van der Waals surface area contributed by atoms with Gasteiger partial charge in [-0.25, -0.2) is 13.6 Å². The minimum absolute atomic E-state index is 0.436. The SMILES string of the molecule is CC(C1CCC(O)C1O)S(N)(=O)=O. The van der Waals surface area contributed by atoms with Crippen LogP contribution >= 0.6 is 0 Å². The van der Waals surface area contributed by atoms with Crippen LogP contribution in [0.4, 0.5) is 0 Å². The van der Waals surface area contributed by atoms with E-state index in [-0.39, 0.29) is 0 Å². The van der Waals surface area contributed by atoms with Crippen molar-refractivity contribution in [2.24, 2.45) is 11.1 Å². The van der Waals surface area contributed by atoms with Gasteiger partial charge in [0.05, 0.1) is 17.5 Å². The van der Waals surface area contributed by atoms with Gasteiger partial charge in [-0.15, -0.1) is 0 Å². The number of primary sulfonamides is 1. The molecule has 0 aliphatic heterocycles. The Hall–Kier alpha value is -0.170. The fourth-order valence-electron chi connectivity index (χ4n) is 1.75. The third kappa shape index (κ3) is 2.19. The molecule has 78 valence electrons. The van der Waals surface area contributed by atoms with Gasteiger partial charge < -0.3 is 10.2 Å². The van der Waals surface area contributed by atoms with E-state index in [0.29, 0.717) is 12.8 Å². The van der Waals surface area contributed by atoms with Crippen molar-refractivity contribution in [2.45, 2.75) is 37.2 Å². The van der Waals surface area contributed by atoms with Gasteiger partial charge >= 0.3 is 0 Å². The molecule has 13 heavy (non-hydrogen) atoms. The summed E-state index contributed by atoms with van der Waals surface area (Å²) in [5.74, 6) is -0.440. The highest BCUT2D eigenvalue weighted by Crippen LogP contribution is 2.30. The minimum Gasteiger partial charge on any atom is -0.390 e. The molecule has 0 aromatic rings. The van der Waals surface area contributed by atoms with Crippen molar-refractivity contribution in [3.8, 4) is 0 Å². The molecule has 0 saturated heterocycles. The molecule has 1 fully saturated rings. The van der Waals surface area contributed by atoms with Gasteiger partial charge in [-0.05, 0) is 19.8 Å². The Balaban J connectivity index is 2.75. The first-order chi connectivity index (χ1) is 5.84. The summed E-state index contributed by atoms with van der Waals surface area (Å²) >= 11 is 0. The van der Waals surface area contributed by atoms with Gasteiger partial charge in [-0.1, -0.05) is 0 Å². The highest BCUT2D eigenvalue weighted by molar-refractivity contribution is 7.89. The molecule has 1 aliphatic carbocycles. The first-order valence-electron chi connectivity index (χ1n) is 4.21.